The zero-order valence-corrected chi connectivity index (χ0v) is 18.0. The van der Waals surface area contributed by atoms with Gasteiger partial charge >= 0.3 is 0 Å². The second kappa shape index (κ2) is 7.91. The minimum absolute atomic E-state index is 0.878. The molecular weight excluding hydrogens is 392 g/mol. The molecule has 0 amide bonds. The summed E-state index contributed by atoms with van der Waals surface area (Å²) in [6.07, 6.45) is 4.27. The zero-order valence-electron chi connectivity index (χ0n) is 17.2. The number of hydrogen-bond acceptors (Lipinski definition) is 5. The quantitative estimate of drug-likeness (QED) is 0.368. The van der Waals surface area contributed by atoms with E-state index in [9.17, 15) is 0 Å². The van der Waals surface area contributed by atoms with Crippen LogP contribution in [0.1, 0.15) is 24.1 Å². The number of aryl methyl sites for hydroxylation is 2. The van der Waals surface area contributed by atoms with Crippen molar-refractivity contribution in [1.29, 1.82) is 0 Å². The molecule has 0 aliphatic carbocycles. The van der Waals surface area contributed by atoms with Gasteiger partial charge in [-0.05, 0) is 44.0 Å². The van der Waals surface area contributed by atoms with Crippen molar-refractivity contribution in [2.45, 2.75) is 19.8 Å². The molecule has 0 bridgehead atoms. The molecule has 6 nitrogen and oxygen atoms in total. The predicted molar refractivity (Wildman–Crippen MR) is 124 cm³/mol. The number of fused-ring (bicyclic) bond motifs is 1. The van der Waals surface area contributed by atoms with Crippen molar-refractivity contribution in [3.63, 3.8) is 0 Å². The molecule has 2 aromatic carbocycles. The molecule has 1 fully saturated rings. The van der Waals surface area contributed by atoms with Crippen molar-refractivity contribution in [2.24, 2.45) is 17.3 Å². The molecular formula is C23H24N6S. The molecule has 2 aromatic heterocycles. The smallest absolute Gasteiger partial charge is 0.211 e. The lowest BCUT2D eigenvalue weighted by Gasteiger charge is -2.20. The summed E-state index contributed by atoms with van der Waals surface area (Å²) in [4.78, 5) is 3.29. The largest absolute Gasteiger partial charge is 0.356 e. The standard InChI is InChI=1S/C23H24N6S/c1-17-19(16-24-25-23-27(2)20-12-6-7-13-21(20)30-23)22(28-14-8-9-15-28)29(26-17)18-10-4-3-5-11-18/h3-7,10-13,16H,8-9,14-15H2,1-2H3/b24-16+,25-23+. The Morgan fingerprint density at radius 3 is 2.50 bits per heavy atom. The zero-order chi connectivity index (χ0) is 20.5. The molecule has 0 unspecified atom stereocenters. The molecule has 152 valence electrons. The Morgan fingerprint density at radius 2 is 1.73 bits per heavy atom. The van der Waals surface area contributed by atoms with E-state index in [1.54, 1.807) is 11.3 Å². The van der Waals surface area contributed by atoms with E-state index in [1.165, 1.54) is 23.1 Å². The summed E-state index contributed by atoms with van der Waals surface area (Å²) in [7, 11) is 2.03. The van der Waals surface area contributed by atoms with Crippen molar-refractivity contribution < 1.29 is 0 Å². The predicted octanol–water partition coefficient (Wildman–Crippen LogP) is 4.27. The van der Waals surface area contributed by atoms with Crippen molar-refractivity contribution in [1.82, 2.24) is 14.3 Å². The topological polar surface area (TPSA) is 50.7 Å². The summed E-state index contributed by atoms with van der Waals surface area (Å²) in [5.41, 5.74) is 4.23. The van der Waals surface area contributed by atoms with Crippen LogP contribution in [0.3, 0.4) is 0 Å². The highest BCUT2D eigenvalue weighted by Gasteiger charge is 2.23. The molecule has 7 heteroatoms. The number of rotatable bonds is 4. The highest BCUT2D eigenvalue weighted by atomic mass is 32.1. The summed E-state index contributed by atoms with van der Waals surface area (Å²) in [5, 5.41) is 13.8. The van der Waals surface area contributed by atoms with Gasteiger partial charge < -0.3 is 9.47 Å². The van der Waals surface area contributed by atoms with Crippen LogP contribution in [0.15, 0.2) is 64.8 Å². The van der Waals surface area contributed by atoms with Crippen LogP contribution in [0.5, 0.6) is 0 Å². The number of hydrogen-bond donors (Lipinski definition) is 0. The fraction of sp³-hybridized carbons (Fsp3) is 0.261. The molecule has 0 atom stereocenters. The van der Waals surface area contributed by atoms with Crippen LogP contribution < -0.4 is 9.70 Å². The number of nitrogens with zero attached hydrogens (tertiary/aromatic N) is 6. The van der Waals surface area contributed by atoms with E-state index < -0.39 is 0 Å². The van der Waals surface area contributed by atoms with Gasteiger partial charge in [-0.3, -0.25) is 0 Å². The Morgan fingerprint density at radius 1 is 1.00 bits per heavy atom. The summed E-state index contributed by atoms with van der Waals surface area (Å²) < 4.78 is 5.33. The summed E-state index contributed by atoms with van der Waals surface area (Å²) in [6.45, 7) is 4.13. The van der Waals surface area contributed by atoms with Crippen LogP contribution in [0, 0.1) is 6.92 Å². The highest BCUT2D eigenvalue weighted by Crippen LogP contribution is 2.29. The van der Waals surface area contributed by atoms with Gasteiger partial charge in [-0.2, -0.15) is 10.2 Å². The first-order valence-corrected chi connectivity index (χ1v) is 11.1. The Bertz CT molecular complexity index is 1270. The molecule has 1 aliphatic rings. The van der Waals surface area contributed by atoms with Gasteiger partial charge in [0, 0.05) is 20.1 Å². The third kappa shape index (κ3) is 3.35. The van der Waals surface area contributed by atoms with E-state index in [0.717, 1.165) is 40.7 Å². The lowest BCUT2D eigenvalue weighted by Crippen LogP contribution is -2.22. The van der Waals surface area contributed by atoms with Gasteiger partial charge in [-0.25, -0.2) is 4.68 Å². The molecule has 30 heavy (non-hydrogen) atoms. The fourth-order valence-electron chi connectivity index (χ4n) is 3.97. The van der Waals surface area contributed by atoms with Crippen molar-refractivity contribution in [3.05, 3.63) is 70.7 Å². The Labute approximate surface area is 179 Å². The minimum Gasteiger partial charge on any atom is -0.356 e. The average Bonchev–Trinajstić information content (AvgIpc) is 3.48. The Kier molecular flexibility index (Phi) is 4.96. The van der Waals surface area contributed by atoms with Gasteiger partial charge in [0.2, 0.25) is 4.80 Å². The van der Waals surface area contributed by atoms with Crippen molar-refractivity contribution in [2.75, 3.05) is 18.0 Å². The minimum atomic E-state index is 0.878. The summed E-state index contributed by atoms with van der Waals surface area (Å²) in [6, 6.07) is 18.6. The Balaban J connectivity index is 1.58. The lowest BCUT2D eigenvalue weighted by molar-refractivity contribution is 0.815. The van der Waals surface area contributed by atoms with Crippen LogP contribution >= 0.6 is 11.3 Å². The molecule has 0 saturated carbocycles. The van der Waals surface area contributed by atoms with Crippen LogP contribution in [0.25, 0.3) is 15.9 Å². The van der Waals surface area contributed by atoms with Gasteiger partial charge in [0.15, 0.2) is 0 Å². The maximum Gasteiger partial charge on any atom is 0.211 e. The van der Waals surface area contributed by atoms with Gasteiger partial charge in [-0.15, -0.1) is 5.10 Å². The van der Waals surface area contributed by atoms with Crippen molar-refractivity contribution >= 4 is 33.6 Å². The maximum absolute atomic E-state index is 4.84. The number of thiazole rings is 1. The molecule has 0 N–H and O–H groups in total. The molecule has 1 aliphatic heterocycles. The van der Waals surface area contributed by atoms with Crippen LogP contribution in [0.4, 0.5) is 5.82 Å². The Hall–Kier alpha value is -3.19. The van der Waals surface area contributed by atoms with E-state index in [2.05, 4.69) is 50.0 Å². The first kappa shape index (κ1) is 18.8. The van der Waals surface area contributed by atoms with E-state index in [4.69, 9.17) is 5.10 Å². The first-order chi connectivity index (χ1) is 14.7. The van der Waals surface area contributed by atoms with E-state index in [1.807, 2.05) is 49.1 Å². The monoisotopic (exact) mass is 416 g/mol. The van der Waals surface area contributed by atoms with Gasteiger partial charge in [0.25, 0.3) is 0 Å². The average molecular weight is 417 g/mol. The number of aromatic nitrogens is 3. The fourth-order valence-corrected chi connectivity index (χ4v) is 4.95. The normalized spacial score (nSPS) is 15.1. The first-order valence-electron chi connectivity index (χ1n) is 10.2. The number of anilines is 1. The molecule has 3 heterocycles. The third-order valence-corrected chi connectivity index (χ3v) is 6.64. The molecule has 0 spiro atoms. The summed E-state index contributed by atoms with van der Waals surface area (Å²) in [5.74, 6) is 1.11. The van der Waals surface area contributed by atoms with Crippen LogP contribution in [-0.4, -0.2) is 33.7 Å². The van der Waals surface area contributed by atoms with Gasteiger partial charge in [0.05, 0.1) is 33.4 Å². The molecule has 4 aromatic rings. The summed E-state index contributed by atoms with van der Waals surface area (Å²) >= 11 is 1.65. The second-order valence-corrected chi connectivity index (χ2v) is 8.53. The molecule has 1 saturated heterocycles. The second-order valence-electron chi connectivity index (χ2n) is 7.52. The van der Waals surface area contributed by atoms with Gasteiger partial charge in [0.1, 0.15) is 5.82 Å². The lowest BCUT2D eigenvalue weighted by atomic mass is 10.2. The number of benzene rings is 2. The maximum atomic E-state index is 4.84. The SMILES string of the molecule is Cc1nn(-c2ccccc2)c(N2CCCC2)c1/C=N/N=c1/sc2ccccc2n1C. The van der Waals surface area contributed by atoms with E-state index in [0.29, 0.717) is 0 Å². The third-order valence-electron chi connectivity index (χ3n) is 5.53. The van der Waals surface area contributed by atoms with Crippen LogP contribution in [-0.2, 0) is 7.05 Å². The highest BCUT2D eigenvalue weighted by molar-refractivity contribution is 7.16. The van der Waals surface area contributed by atoms with Crippen molar-refractivity contribution in [3.8, 4) is 5.69 Å². The molecule has 5 rings (SSSR count). The molecule has 0 radical (unpaired) electrons. The van der Waals surface area contributed by atoms with E-state index in [-0.39, 0.29) is 0 Å². The van der Waals surface area contributed by atoms with E-state index >= 15 is 0 Å². The van der Waals surface area contributed by atoms with Gasteiger partial charge in [-0.1, -0.05) is 41.7 Å². The number of para-hydroxylation sites is 2. The van der Waals surface area contributed by atoms with Crippen LogP contribution in [0.2, 0.25) is 0 Å².